The van der Waals surface area contributed by atoms with Gasteiger partial charge in [-0.3, -0.25) is 4.79 Å². The molecule has 0 bridgehead atoms. The molecule has 0 saturated carbocycles. The van der Waals surface area contributed by atoms with Crippen LogP contribution in [0.5, 0.6) is 23.0 Å². The molecule has 3 aliphatic heterocycles. The zero-order chi connectivity index (χ0) is 40.0. The number of ether oxygens (including phenoxy) is 6. The van der Waals surface area contributed by atoms with Crippen molar-refractivity contribution in [2.75, 3.05) is 26.9 Å². The summed E-state index contributed by atoms with van der Waals surface area (Å²) in [7, 11) is 1.20. The van der Waals surface area contributed by atoms with Crippen LogP contribution in [0.25, 0.3) is 22.3 Å². The van der Waals surface area contributed by atoms with Crippen LogP contribution in [0.3, 0.4) is 0 Å². The molecule has 1 aromatic heterocycles. The van der Waals surface area contributed by atoms with E-state index >= 15 is 0 Å². The monoisotopic (exact) mass is 786 g/mol. The molecule has 0 aliphatic carbocycles. The predicted octanol–water partition coefficient (Wildman–Crippen LogP) is -4.60. The highest BCUT2D eigenvalue weighted by molar-refractivity contribution is 5.88. The minimum atomic E-state index is -1.91. The number of aromatic hydroxyl groups is 2. The van der Waals surface area contributed by atoms with Crippen LogP contribution in [-0.4, -0.2) is 179 Å². The van der Waals surface area contributed by atoms with E-state index in [2.05, 4.69) is 0 Å². The highest BCUT2D eigenvalue weighted by Gasteiger charge is 2.49. The Morgan fingerprint density at radius 2 is 1.24 bits per heavy atom. The van der Waals surface area contributed by atoms with Gasteiger partial charge in [0.2, 0.25) is 6.29 Å². The van der Waals surface area contributed by atoms with E-state index in [9.17, 15) is 71.2 Å². The van der Waals surface area contributed by atoms with Crippen LogP contribution >= 0.6 is 0 Å². The standard InChI is InChI=1S/C34H42O21/c1-49-15-6-16-20(25(42)21(15)32-29(46)26(43)22(39)17(7-35)52-32)12(38)5-13(51-16)10-2-3-11(37)14(4-10)53-34-31(48)28(45)24(41)19(55-34)9-50-33-30(47)27(44)23(40)18(8-36)54-33/h2-6,17-19,22-24,26-37,39-48H,7-9H2,1H3/t17-,18+,19-,22+,23+,24+,26-,27-,28-,29+,30+,31+,32-,33+,34+/m0/s1. The molecule has 2 aromatic carbocycles. The number of aliphatic hydroxyl groups is 11. The summed E-state index contributed by atoms with van der Waals surface area (Å²) in [6, 6.07) is 5.79. The number of phenols is 2. The first-order chi connectivity index (χ1) is 26.1. The molecule has 3 aliphatic rings. The summed E-state index contributed by atoms with van der Waals surface area (Å²) in [4.78, 5) is 13.5. The lowest BCUT2D eigenvalue weighted by Gasteiger charge is -2.42. The van der Waals surface area contributed by atoms with E-state index in [0.29, 0.717) is 0 Å². The predicted molar refractivity (Wildman–Crippen MR) is 178 cm³/mol. The zero-order valence-corrected chi connectivity index (χ0v) is 28.7. The van der Waals surface area contributed by atoms with Gasteiger partial charge < -0.3 is 99.2 Å². The Labute approximate surface area is 309 Å². The Hall–Kier alpha value is -3.75. The lowest BCUT2D eigenvalue weighted by molar-refractivity contribution is -0.323. The fraction of sp³-hybridized carbons (Fsp3) is 0.559. The highest BCUT2D eigenvalue weighted by atomic mass is 16.7. The summed E-state index contributed by atoms with van der Waals surface area (Å²) < 4.78 is 38.9. The van der Waals surface area contributed by atoms with Crippen LogP contribution in [0.4, 0.5) is 0 Å². The van der Waals surface area contributed by atoms with Crippen molar-refractivity contribution in [3.63, 3.8) is 0 Å². The summed E-state index contributed by atoms with van der Waals surface area (Å²) in [6.45, 7) is -2.13. The fourth-order valence-electron chi connectivity index (χ4n) is 6.65. The van der Waals surface area contributed by atoms with Crippen LogP contribution in [0.2, 0.25) is 0 Å². The zero-order valence-electron chi connectivity index (χ0n) is 28.7. The minimum Gasteiger partial charge on any atom is -0.506 e. The van der Waals surface area contributed by atoms with E-state index in [0.717, 1.165) is 12.1 Å². The van der Waals surface area contributed by atoms with E-state index in [1.165, 1.54) is 25.3 Å². The van der Waals surface area contributed by atoms with Crippen molar-refractivity contribution in [2.45, 2.75) is 91.9 Å². The Balaban J connectivity index is 1.25. The molecular formula is C34H42O21. The Kier molecular flexibility index (Phi) is 12.2. The van der Waals surface area contributed by atoms with Crippen LogP contribution in [0.1, 0.15) is 11.7 Å². The van der Waals surface area contributed by atoms with Gasteiger partial charge in [0.05, 0.1) is 32.5 Å². The molecule has 0 amide bonds. The molecule has 3 fully saturated rings. The van der Waals surface area contributed by atoms with Crippen molar-refractivity contribution in [1.29, 1.82) is 0 Å². The van der Waals surface area contributed by atoms with Crippen LogP contribution in [0, 0.1) is 0 Å². The topological polar surface area (TPSA) is 349 Å². The number of phenolic OH excluding ortho intramolecular Hbond substituents is 2. The third-order valence-corrected chi connectivity index (χ3v) is 9.82. The maximum absolute atomic E-state index is 13.5. The molecule has 0 spiro atoms. The van der Waals surface area contributed by atoms with Gasteiger partial charge in [0, 0.05) is 17.7 Å². The van der Waals surface area contributed by atoms with Gasteiger partial charge in [0.15, 0.2) is 23.2 Å². The largest absolute Gasteiger partial charge is 0.506 e. The van der Waals surface area contributed by atoms with Crippen LogP contribution < -0.4 is 14.9 Å². The molecule has 15 atom stereocenters. The number of hydrogen-bond acceptors (Lipinski definition) is 21. The number of fused-ring (bicyclic) bond motifs is 1. The minimum absolute atomic E-state index is 0.0941. The van der Waals surface area contributed by atoms with Crippen molar-refractivity contribution in [1.82, 2.24) is 0 Å². The molecule has 0 radical (unpaired) electrons. The first-order valence-corrected chi connectivity index (χ1v) is 16.9. The van der Waals surface area contributed by atoms with Crippen molar-refractivity contribution >= 4 is 11.0 Å². The fourth-order valence-corrected chi connectivity index (χ4v) is 6.65. The van der Waals surface area contributed by atoms with E-state index in [1.807, 2.05) is 0 Å². The third kappa shape index (κ3) is 7.58. The Morgan fingerprint density at radius 1 is 0.655 bits per heavy atom. The second-order valence-electron chi connectivity index (χ2n) is 13.3. The Morgan fingerprint density at radius 3 is 1.87 bits per heavy atom. The molecule has 3 aromatic rings. The number of hydrogen-bond donors (Lipinski definition) is 13. The molecule has 304 valence electrons. The van der Waals surface area contributed by atoms with Crippen LogP contribution in [-0.2, 0) is 18.9 Å². The number of benzene rings is 2. The first kappa shape index (κ1) is 40.9. The molecule has 13 N–H and O–H groups in total. The smallest absolute Gasteiger partial charge is 0.229 e. The van der Waals surface area contributed by atoms with Gasteiger partial charge in [-0.05, 0) is 18.2 Å². The van der Waals surface area contributed by atoms with Gasteiger partial charge in [-0.25, -0.2) is 0 Å². The second kappa shape index (κ2) is 16.4. The van der Waals surface area contributed by atoms with E-state index < -0.39 is 134 Å². The maximum Gasteiger partial charge on any atom is 0.229 e. The SMILES string of the molecule is COc1cc2oc(-c3ccc(O)c(O[C@@H]4O[C@@H](CO[C@@H]5O[C@H](CO)[C@@H](O)[C@H](O)[C@H]5O)[C@@H](O)[C@H](O)[C@H]4O)c3)cc(=O)c2c(O)c1[C@@H]1O[C@@H](CO)[C@@H](O)[C@H](O)[C@H]1O. The molecular weight excluding hydrogens is 744 g/mol. The average molecular weight is 787 g/mol. The molecule has 4 heterocycles. The number of aliphatic hydroxyl groups excluding tert-OH is 11. The molecule has 21 heteroatoms. The molecule has 6 rings (SSSR count). The summed E-state index contributed by atoms with van der Waals surface area (Å²) in [5.74, 6) is -1.95. The van der Waals surface area contributed by atoms with Gasteiger partial charge >= 0.3 is 0 Å². The van der Waals surface area contributed by atoms with Crippen molar-refractivity contribution in [2.24, 2.45) is 0 Å². The normalized spacial score (nSPS) is 36.8. The van der Waals surface area contributed by atoms with Crippen LogP contribution in [0.15, 0.2) is 39.5 Å². The maximum atomic E-state index is 13.5. The molecule has 3 saturated heterocycles. The average Bonchev–Trinajstić information content (AvgIpc) is 3.17. The van der Waals surface area contributed by atoms with Gasteiger partial charge in [0.25, 0.3) is 0 Å². The quantitative estimate of drug-likeness (QED) is 0.0919. The first-order valence-electron chi connectivity index (χ1n) is 16.9. The lowest BCUT2D eigenvalue weighted by atomic mass is 9.89. The summed E-state index contributed by atoms with van der Waals surface area (Å²) in [6.07, 6.45) is -25.2. The van der Waals surface area contributed by atoms with Crippen molar-refractivity contribution < 1.29 is 99.2 Å². The third-order valence-electron chi connectivity index (χ3n) is 9.82. The number of rotatable bonds is 10. The van der Waals surface area contributed by atoms with E-state index in [-0.39, 0.29) is 34.0 Å². The summed E-state index contributed by atoms with van der Waals surface area (Å²) in [5.41, 5.74) is -1.23. The van der Waals surface area contributed by atoms with Gasteiger partial charge in [-0.2, -0.15) is 0 Å². The van der Waals surface area contributed by atoms with Gasteiger partial charge in [-0.15, -0.1) is 0 Å². The van der Waals surface area contributed by atoms with Crippen molar-refractivity contribution in [3.05, 3.63) is 46.1 Å². The molecule has 55 heavy (non-hydrogen) atoms. The van der Waals surface area contributed by atoms with E-state index in [1.54, 1.807) is 0 Å². The molecule has 0 unspecified atom stereocenters. The highest BCUT2D eigenvalue weighted by Crippen LogP contribution is 2.45. The summed E-state index contributed by atoms with van der Waals surface area (Å²) in [5, 5.41) is 134. The van der Waals surface area contributed by atoms with Crippen molar-refractivity contribution in [3.8, 4) is 34.3 Å². The second-order valence-corrected chi connectivity index (χ2v) is 13.3. The number of methoxy groups -OCH3 is 1. The van der Waals surface area contributed by atoms with Gasteiger partial charge in [-0.1, -0.05) is 0 Å². The Bertz CT molecular complexity index is 1870. The van der Waals surface area contributed by atoms with E-state index in [4.69, 9.17) is 32.8 Å². The van der Waals surface area contributed by atoms with Gasteiger partial charge in [0.1, 0.15) is 108 Å². The lowest BCUT2D eigenvalue weighted by Crippen LogP contribution is -2.62. The summed E-state index contributed by atoms with van der Waals surface area (Å²) >= 11 is 0. The molecule has 21 nitrogen and oxygen atoms in total.